The second kappa shape index (κ2) is 6.66. The largest absolute Gasteiger partial charge is 0.348 e. The van der Waals surface area contributed by atoms with Gasteiger partial charge in [-0.1, -0.05) is 42.5 Å². The number of aryl methyl sites for hydroxylation is 1. The van der Waals surface area contributed by atoms with Gasteiger partial charge in [0.25, 0.3) is 5.56 Å². The zero-order valence-corrected chi connectivity index (χ0v) is 13.7. The highest BCUT2D eigenvalue weighted by Gasteiger charge is 2.13. The zero-order valence-electron chi connectivity index (χ0n) is 13.7. The second-order valence-electron chi connectivity index (χ2n) is 5.78. The van der Waals surface area contributed by atoms with Crippen LogP contribution in [0.5, 0.6) is 0 Å². The number of carbonyl (C=O) groups excluding carboxylic acids is 1. The molecule has 0 fully saturated rings. The molecule has 1 N–H and O–H groups in total. The van der Waals surface area contributed by atoms with E-state index < -0.39 is 0 Å². The lowest BCUT2D eigenvalue weighted by atomic mass is 10.1. The summed E-state index contributed by atoms with van der Waals surface area (Å²) in [6, 6.07) is 16.9. The maximum atomic E-state index is 12.4. The van der Waals surface area contributed by atoms with Gasteiger partial charge in [0.1, 0.15) is 12.2 Å². The fourth-order valence-corrected chi connectivity index (χ4v) is 2.73. The molecule has 3 aromatic rings. The number of hydrogen-bond acceptors (Lipinski definition) is 3. The number of para-hydroxylation sites is 2. The Morgan fingerprint density at radius 2 is 1.79 bits per heavy atom. The Morgan fingerprint density at radius 3 is 2.54 bits per heavy atom. The summed E-state index contributed by atoms with van der Waals surface area (Å²) >= 11 is 0. The molecule has 122 valence electrons. The van der Waals surface area contributed by atoms with E-state index in [2.05, 4.69) is 10.3 Å². The lowest BCUT2D eigenvalue weighted by molar-refractivity contribution is -0.122. The van der Waals surface area contributed by atoms with Crippen LogP contribution in [0.25, 0.3) is 11.0 Å². The van der Waals surface area contributed by atoms with Crippen LogP contribution in [0.4, 0.5) is 0 Å². The number of nitrogens with one attached hydrogen (secondary N) is 1. The SMILES string of the molecule is Cc1nc2ccccc2n(CC(=O)NC(C)c2ccccc2)c1=O. The molecule has 5 nitrogen and oxygen atoms in total. The summed E-state index contributed by atoms with van der Waals surface area (Å²) in [5.74, 6) is -0.204. The predicted molar refractivity (Wildman–Crippen MR) is 93.7 cm³/mol. The Morgan fingerprint density at radius 1 is 1.12 bits per heavy atom. The zero-order chi connectivity index (χ0) is 17.1. The highest BCUT2D eigenvalue weighted by molar-refractivity contribution is 5.80. The first-order valence-electron chi connectivity index (χ1n) is 7.87. The van der Waals surface area contributed by atoms with E-state index >= 15 is 0 Å². The van der Waals surface area contributed by atoms with Crippen LogP contribution in [-0.2, 0) is 11.3 Å². The average molecular weight is 321 g/mol. The van der Waals surface area contributed by atoms with Crippen molar-refractivity contribution in [2.45, 2.75) is 26.4 Å². The van der Waals surface area contributed by atoms with Gasteiger partial charge in [0, 0.05) is 0 Å². The highest BCUT2D eigenvalue weighted by Crippen LogP contribution is 2.12. The fourth-order valence-electron chi connectivity index (χ4n) is 2.73. The summed E-state index contributed by atoms with van der Waals surface area (Å²) in [6.45, 7) is 3.56. The molecule has 1 unspecified atom stereocenters. The van der Waals surface area contributed by atoms with E-state index in [9.17, 15) is 9.59 Å². The van der Waals surface area contributed by atoms with Gasteiger partial charge in [-0.3, -0.25) is 14.2 Å². The Bertz CT molecular complexity index is 932. The quantitative estimate of drug-likeness (QED) is 0.803. The van der Waals surface area contributed by atoms with Crippen molar-refractivity contribution in [1.29, 1.82) is 0 Å². The predicted octanol–water partition coefficient (Wildman–Crippen LogP) is 2.58. The van der Waals surface area contributed by atoms with E-state index in [0.29, 0.717) is 16.7 Å². The lowest BCUT2D eigenvalue weighted by Crippen LogP contribution is -2.35. The molecule has 0 aliphatic rings. The first-order chi connectivity index (χ1) is 11.6. The molecule has 0 bridgehead atoms. The van der Waals surface area contributed by atoms with E-state index in [1.807, 2.05) is 55.5 Å². The van der Waals surface area contributed by atoms with Gasteiger partial charge < -0.3 is 5.32 Å². The van der Waals surface area contributed by atoms with Crippen LogP contribution in [-0.4, -0.2) is 15.5 Å². The van der Waals surface area contributed by atoms with E-state index in [1.165, 1.54) is 4.57 Å². The van der Waals surface area contributed by atoms with E-state index in [1.54, 1.807) is 13.0 Å². The smallest absolute Gasteiger partial charge is 0.272 e. The number of amides is 1. The molecule has 0 radical (unpaired) electrons. The van der Waals surface area contributed by atoms with Crippen LogP contribution in [0.2, 0.25) is 0 Å². The van der Waals surface area contributed by atoms with Gasteiger partial charge >= 0.3 is 0 Å². The van der Waals surface area contributed by atoms with Gasteiger partial charge in [0.2, 0.25) is 5.91 Å². The summed E-state index contributed by atoms with van der Waals surface area (Å²) < 4.78 is 1.48. The van der Waals surface area contributed by atoms with Gasteiger partial charge in [-0.2, -0.15) is 0 Å². The summed E-state index contributed by atoms with van der Waals surface area (Å²) in [6.07, 6.45) is 0. The normalized spacial score (nSPS) is 12.1. The number of nitrogens with zero attached hydrogens (tertiary/aromatic N) is 2. The number of benzene rings is 2. The van der Waals surface area contributed by atoms with Crippen molar-refractivity contribution in [3.05, 3.63) is 76.2 Å². The minimum atomic E-state index is -0.240. The molecular formula is C19H19N3O2. The first kappa shape index (κ1) is 15.9. The Kier molecular flexibility index (Phi) is 4.42. The highest BCUT2D eigenvalue weighted by atomic mass is 16.2. The van der Waals surface area contributed by atoms with Crippen molar-refractivity contribution >= 4 is 16.9 Å². The maximum absolute atomic E-state index is 12.4. The minimum absolute atomic E-state index is 0.0279. The molecule has 0 aliphatic heterocycles. The number of carbonyl (C=O) groups is 1. The van der Waals surface area contributed by atoms with Crippen LogP contribution in [0.1, 0.15) is 24.2 Å². The number of aromatic nitrogens is 2. The second-order valence-corrected chi connectivity index (χ2v) is 5.78. The lowest BCUT2D eigenvalue weighted by Gasteiger charge is -2.16. The average Bonchev–Trinajstić information content (AvgIpc) is 2.59. The summed E-state index contributed by atoms with van der Waals surface area (Å²) in [4.78, 5) is 29.1. The van der Waals surface area contributed by atoms with E-state index in [-0.39, 0.29) is 24.1 Å². The summed E-state index contributed by atoms with van der Waals surface area (Å²) in [7, 11) is 0. The van der Waals surface area contributed by atoms with E-state index in [4.69, 9.17) is 0 Å². The molecule has 1 atom stereocenters. The molecule has 3 rings (SSSR count). The summed E-state index contributed by atoms with van der Waals surface area (Å²) in [5, 5.41) is 2.94. The van der Waals surface area contributed by atoms with Crippen LogP contribution in [0, 0.1) is 6.92 Å². The van der Waals surface area contributed by atoms with Crippen molar-refractivity contribution in [3.63, 3.8) is 0 Å². The number of fused-ring (bicyclic) bond motifs is 1. The Balaban J connectivity index is 1.86. The third kappa shape index (κ3) is 3.20. The molecule has 0 aliphatic carbocycles. The van der Waals surface area contributed by atoms with E-state index in [0.717, 1.165) is 5.56 Å². The molecule has 1 heterocycles. The Hall–Kier alpha value is -2.95. The molecule has 0 saturated carbocycles. The molecule has 1 amide bonds. The molecule has 2 aromatic carbocycles. The van der Waals surface area contributed by atoms with Crippen molar-refractivity contribution in [2.75, 3.05) is 0 Å². The maximum Gasteiger partial charge on any atom is 0.272 e. The van der Waals surface area contributed by atoms with Crippen LogP contribution < -0.4 is 10.9 Å². The van der Waals surface area contributed by atoms with Crippen LogP contribution in [0.3, 0.4) is 0 Å². The number of rotatable bonds is 4. The third-order valence-electron chi connectivity index (χ3n) is 3.99. The molecule has 0 spiro atoms. The van der Waals surface area contributed by atoms with Crippen LogP contribution in [0.15, 0.2) is 59.4 Å². The van der Waals surface area contributed by atoms with Crippen molar-refractivity contribution < 1.29 is 4.79 Å². The number of hydrogen-bond donors (Lipinski definition) is 1. The molecule has 0 saturated heterocycles. The van der Waals surface area contributed by atoms with Gasteiger partial charge in [0.15, 0.2) is 0 Å². The topological polar surface area (TPSA) is 64.0 Å². The van der Waals surface area contributed by atoms with Gasteiger partial charge in [0.05, 0.1) is 17.1 Å². The van der Waals surface area contributed by atoms with Crippen molar-refractivity contribution in [1.82, 2.24) is 14.9 Å². The Labute approximate surface area is 140 Å². The standard InChI is InChI=1S/C19H19N3O2/c1-13(15-8-4-3-5-9-15)21-18(23)12-22-17-11-7-6-10-16(17)20-14(2)19(22)24/h3-11,13H,12H2,1-2H3,(H,21,23). The van der Waals surface area contributed by atoms with Gasteiger partial charge in [-0.15, -0.1) is 0 Å². The van der Waals surface area contributed by atoms with Crippen LogP contribution >= 0.6 is 0 Å². The minimum Gasteiger partial charge on any atom is -0.348 e. The van der Waals surface area contributed by atoms with Crippen molar-refractivity contribution in [3.8, 4) is 0 Å². The van der Waals surface area contributed by atoms with Crippen molar-refractivity contribution in [2.24, 2.45) is 0 Å². The van der Waals surface area contributed by atoms with Gasteiger partial charge in [-0.05, 0) is 31.5 Å². The molecule has 24 heavy (non-hydrogen) atoms. The fraction of sp³-hybridized carbons (Fsp3) is 0.211. The van der Waals surface area contributed by atoms with Gasteiger partial charge in [-0.25, -0.2) is 4.98 Å². The molecular weight excluding hydrogens is 302 g/mol. The molecule has 1 aromatic heterocycles. The molecule has 5 heteroatoms. The third-order valence-corrected chi connectivity index (χ3v) is 3.99. The monoisotopic (exact) mass is 321 g/mol. The summed E-state index contributed by atoms with van der Waals surface area (Å²) in [5.41, 5.74) is 2.54. The first-order valence-corrected chi connectivity index (χ1v) is 7.87.